The van der Waals surface area contributed by atoms with Crippen molar-refractivity contribution in [2.75, 3.05) is 13.1 Å². The molecule has 0 radical (unpaired) electrons. The molecule has 1 aromatic rings. The van der Waals surface area contributed by atoms with Crippen LogP contribution in [0.25, 0.3) is 0 Å². The van der Waals surface area contributed by atoms with Crippen LogP contribution in [0.3, 0.4) is 0 Å². The Morgan fingerprint density at radius 3 is 2.61 bits per heavy atom. The van der Waals surface area contributed by atoms with Gasteiger partial charge in [0.15, 0.2) is 0 Å². The van der Waals surface area contributed by atoms with Crippen molar-refractivity contribution in [1.29, 1.82) is 0 Å². The first-order valence-corrected chi connectivity index (χ1v) is 7.05. The summed E-state index contributed by atoms with van der Waals surface area (Å²) in [5, 5.41) is 3.61. The van der Waals surface area contributed by atoms with Crippen LogP contribution in [0.15, 0.2) is 18.2 Å². The van der Waals surface area contributed by atoms with Gasteiger partial charge in [-0.15, -0.1) is 0 Å². The molecule has 0 amide bonds. The molecule has 0 bridgehead atoms. The van der Waals surface area contributed by atoms with E-state index in [4.69, 9.17) is 11.6 Å². The van der Waals surface area contributed by atoms with Gasteiger partial charge < -0.3 is 5.32 Å². The van der Waals surface area contributed by atoms with E-state index in [1.165, 1.54) is 12.5 Å². The Bertz CT molecular complexity index is 366. The minimum absolute atomic E-state index is 0.222. The monoisotopic (exact) mass is 271 g/mol. The second kappa shape index (κ2) is 7.75. The molecular formula is C15H23ClFN. The summed E-state index contributed by atoms with van der Waals surface area (Å²) in [6.45, 7) is 8.57. The van der Waals surface area contributed by atoms with Gasteiger partial charge in [-0.2, -0.15) is 0 Å². The van der Waals surface area contributed by atoms with Crippen molar-refractivity contribution >= 4 is 11.6 Å². The molecule has 0 saturated heterocycles. The predicted octanol–water partition coefficient (Wildman–Crippen LogP) is 4.29. The fourth-order valence-electron chi connectivity index (χ4n) is 2.25. The van der Waals surface area contributed by atoms with Gasteiger partial charge in [0.1, 0.15) is 5.82 Å². The Kier molecular flexibility index (Phi) is 6.66. The van der Waals surface area contributed by atoms with Crippen LogP contribution in [0.2, 0.25) is 5.02 Å². The van der Waals surface area contributed by atoms with E-state index in [-0.39, 0.29) is 10.8 Å². The molecule has 0 spiro atoms. The fourth-order valence-corrected chi connectivity index (χ4v) is 2.46. The lowest BCUT2D eigenvalue weighted by molar-refractivity contribution is 0.388. The number of nitrogens with one attached hydrogen (secondary N) is 1. The van der Waals surface area contributed by atoms with Crippen molar-refractivity contribution in [3.8, 4) is 0 Å². The minimum atomic E-state index is -0.340. The molecule has 0 aliphatic heterocycles. The van der Waals surface area contributed by atoms with Crippen LogP contribution in [-0.2, 0) is 6.42 Å². The van der Waals surface area contributed by atoms with Crippen molar-refractivity contribution in [3.05, 3.63) is 34.6 Å². The van der Waals surface area contributed by atoms with Crippen LogP contribution in [0.4, 0.5) is 4.39 Å². The average molecular weight is 272 g/mol. The van der Waals surface area contributed by atoms with E-state index in [0.717, 1.165) is 25.1 Å². The van der Waals surface area contributed by atoms with Crippen molar-refractivity contribution in [2.45, 2.75) is 33.6 Å². The summed E-state index contributed by atoms with van der Waals surface area (Å²) in [7, 11) is 0. The van der Waals surface area contributed by atoms with Crippen molar-refractivity contribution in [3.63, 3.8) is 0 Å². The van der Waals surface area contributed by atoms with E-state index in [1.807, 2.05) is 6.07 Å². The van der Waals surface area contributed by atoms with Crippen molar-refractivity contribution < 1.29 is 4.39 Å². The molecule has 0 saturated carbocycles. The Morgan fingerprint density at radius 2 is 2.06 bits per heavy atom. The van der Waals surface area contributed by atoms with Gasteiger partial charge in [0.05, 0.1) is 5.02 Å². The highest BCUT2D eigenvalue weighted by Gasteiger charge is 2.12. The number of hydrogen-bond acceptors (Lipinski definition) is 1. The van der Waals surface area contributed by atoms with Crippen LogP contribution in [0.5, 0.6) is 0 Å². The van der Waals surface area contributed by atoms with Gasteiger partial charge in [-0.1, -0.05) is 38.4 Å². The SMILES string of the molecule is CCNCC(Cc1ccc(F)c(Cl)c1)CC(C)C. The Hall–Kier alpha value is -0.600. The second-order valence-corrected chi connectivity index (χ2v) is 5.66. The number of benzene rings is 1. The summed E-state index contributed by atoms with van der Waals surface area (Å²) >= 11 is 5.82. The molecule has 0 heterocycles. The molecule has 102 valence electrons. The molecule has 0 fully saturated rings. The zero-order valence-corrected chi connectivity index (χ0v) is 12.2. The van der Waals surface area contributed by atoms with E-state index in [0.29, 0.717) is 11.8 Å². The average Bonchev–Trinajstić information content (AvgIpc) is 2.30. The Labute approximate surface area is 115 Å². The van der Waals surface area contributed by atoms with Gasteiger partial charge in [0.2, 0.25) is 0 Å². The highest BCUT2D eigenvalue weighted by atomic mass is 35.5. The molecule has 3 heteroatoms. The number of halogens is 2. The van der Waals surface area contributed by atoms with Gasteiger partial charge >= 0.3 is 0 Å². The minimum Gasteiger partial charge on any atom is -0.317 e. The third-order valence-corrected chi connectivity index (χ3v) is 3.29. The molecule has 1 nitrogen and oxygen atoms in total. The summed E-state index contributed by atoms with van der Waals surface area (Å²) in [6, 6.07) is 5.04. The van der Waals surface area contributed by atoms with E-state index in [2.05, 4.69) is 26.1 Å². The van der Waals surface area contributed by atoms with E-state index in [9.17, 15) is 4.39 Å². The highest BCUT2D eigenvalue weighted by Crippen LogP contribution is 2.21. The molecule has 18 heavy (non-hydrogen) atoms. The van der Waals surface area contributed by atoms with Crippen LogP contribution < -0.4 is 5.32 Å². The predicted molar refractivity (Wildman–Crippen MR) is 76.6 cm³/mol. The summed E-state index contributed by atoms with van der Waals surface area (Å²) in [4.78, 5) is 0. The highest BCUT2D eigenvalue weighted by molar-refractivity contribution is 6.30. The summed E-state index contributed by atoms with van der Waals surface area (Å²) in [5.74, 6) is 0.906. The first-order valence-electron chi connectivity index (χ1n) is 6.67. The largest absolute Gasteiger partial charge is 0.317 e. The Balaban J connectivity index is 2.65. The molecule has 1 rings (SSSR count). The van der Waals surface area contributed by atoms with Crippen molar-refractivity contribution in [1.82, 2.24) is 5.32 Å². The topological polar surface area (TPSA) is 12.0 Å². The fraction of sp³-hybridized carbons (Fsp3) is 0.600. The van der Waals surface area contributed by atoms with Crippen LogP contribution in [-0.4, -0.2) is 13.1 Å². The maximum absolute atomic E-state index is 13.1. The maximum Gasteiger partial charge on any atom is 0.141 e. The van der Waals surface area contributed by atoms with E-state index < -0.39 is 0 Å². The maximum atomic E-state index is 13.1. The lowest BCUT2D eigenvalue weighted by atomic mass is 9.91. The molecule has 0 aliphatic rings. The third kappa shape index (κ3) is 5.36. The van der Waals surface area contributed by atoms with Gasteiger partial charge in [-0.3, -0.25) is 0 Å². The zero-order valence-electron chi connectivity index (χ0n) is 11.5. The van der Waals surface area contributed by atoms with Crippen LogP contribution in [0.1, 0.15) is 32.8 Å². The summed E-state index contributed by atoms with van der Waals surface area (Å²) in [6.07, 6.45) is 2.12. The quantitative estimate of drug-likeness (QED) is 0.780. The lowest BCUT2D eigenvalue weighted by Crippen LogP contribution is -2.25. The molecule has 1 atom stereocenters. The zero-order chi connectivity index (χ0) is 13.5. The first kappa shape index (κ1) is 15.5. The first-order chi connectivity index (χ1) is 8.52. The number of hydrogen-bond donors (Lipinski definition) is 1. The summed E-state index contributed by atoms with van der Waals surface area (Å²) < 4.78 is 13.1. The third-order valence-electron chi connectivity index (χ3n) is 3.00. The normalized spacial score (nSPS) is 13.0. The van der Waals surface area contributed by atoms with Gasteiger partial charge in [-0.05, 0) is 55.5 Å². The summed E-state index contributed by atoms with van der Waals surface area (Å²) in [5.41, 5.74) is 1.12. The van der Waals surface area contributed by atoms with Crippen LogP contribution in [0, 0.1) is 17.7 Å². The molecule has 1 unspecified atom stereocenters. The second-order valence-electron chi connectivity index (χ2n) is 5.26. The van der Waals surface area contributed by atoms with E-state index in [1.54, 1.807) is 6.07 Å². The molecule has 1 N–H and O–H groups in total. The van der Waals surface area contributed by atoms with E-state index >= 15 is 0 Å². The Morgan fingerprint density at radius 1 is 1.33 bits per heavy atom. The van der Waals surface area contributed by atoms with Gasteiger partial charge in [0, 0.05) is 0 Å². The molecule has 0 aromatic heterocycles. The smallest absolute Gasteiger partial charge is 0.141 e. The molecule has 1 aromatic carbocycles. The molecule has 0 aliphatic carbocycles. The standard InChI is InChI=1S/C15H23ClFN/c1-4-18-10-13(7-11(2)3)8-12-5-6-15(17)14(16)9-12/h5-6,9,11,13,18H,4,7-8,10H2,1-3H3. The van der Waals surface area contributed by atoms with Gasteiger partial charge in [0.25, 0.3) is 0 Å². The van der Waals surface area contributed by atoms with Gasteiger partial charge in [-0.25, -0.2) is 4.39 Å². The lowest BCUT2D eigenvalue weighted by Gasteiger charge is -2.19. The number of rotatable bonds is 7. The van der Waals surface area contributed by atoms with Crippen LogP contribution >= 0.6 is 11.6 Å². The molecular weight excluding hydrogens is 249 g/mol. The van der Waals surface area contributed by atoms with Crippen molar-refractivity contribution in [2.24, 2.45) is 11.8 Å².